The predicted molar refractivity (Wildman–Crippen MR) is 91.5 cm³/mol. The van der Waals surface area contributed by atoms with Gasteiger partial charge in [0.15, 0.2) is 18.1 Å². The lowest BCUT2D eigenvalue weighted by atomic mass is 10.2. The molecule has 0 bridgehead atoms. The number of ether oxygens (including phenoxy) is 3. The van der Waals surface area contributed by atoms with Crippen LogP contribution in [-0.2, 0) is 9.53 Å². The van der Waals surface area contributed by atoms with Crippen molar-refractivity contribution in [1.82, 2.24) is 4.90 Å². The van der Waals surface area contributed by atoms with E-state index in [4.69, 9.17) is 14.2 Å². The molecule has 0 saturated heterocycles. The van der Waals surface area contributed by atoms with E-state index in [0.29, 0.717) is 36.8 Å². The highest BCUT2D eigenvalue weighted by Crippen LogP contribution is 2.28. The Kier molecular flexibility index (Phi) is 7.82. The fourth-order valence-corrected chi connectivity index (χ4v) is 2.07. The normalized spacial score (nSPS) is 10.0. The Morgan fingerprint density at radius 2 is 1.92 bits per heavy atom. The first-order chi connectivity index (χ1) is 11.4. The first-order valence-corrected chi connectivity index (χ1v) is 7.83. The van der Waals surface area contributed by atoms with Gasteiger partial charge in [0.1, 0.15) is 0 Å². The van der Waals surface area contributed by atoms with Crippen molar-refractivity contribution in [3.05, 3.63) is 35.9 Å². The van der Waals surface area contributed by atoms with Gasteiger partial charge < -0.3 is 19.1 Å². The van der Waals surface area contributed by atoms with E-state index < -0.39 is 5.97 Å². The molecule has 0 unspecified atom stereocenters. The molecule has 0 heterocycles. The standard InChI is InChI=1S/C18H25NO5/c1-6-19(11-13(3)4)17(20)12-24-18(21)14-8-9-15(23-7-2)16(10-14)22-5/h8-10H,3,6-7,11-12H2,1-2,4-5H3. The SMILES string of the molecule is C=C(C)CN(CC)C(=O)COC(=O)c1ccc(OCC)c(OC)c1. The molecule has 1 aromatic rings. The van der Waals surface area contributed by atoms with Gasteiger partial charge in [-0.2, -0.15) is 0 Å². The lowest BCUT2D eigenvalue weighted by Gasteiger charge is -2.20. The maximum atomic E-state index is 12.1. The molecular formula is C18H25NO5. The number of methoxy groups -OCH3 is 1. The Bertz CT molecular complexity index is 597. The minimum Gasteiger partial charge on any atom is -0.493 e. The van der Waals surface area contributed by atoms with Crippen LogP contribution >= 0.6 is 0 Å². The molecule has 0 aromatic heterocycles. The lowest BCUT2D eigenvalue weighted by molar-refractivity contribution is -0.133. The Morgan fingerprint density at radius 1 is 1.21 bits per heavy atom. The number of hydrogen-bond donors (Lipinski definition) is 0. The summed E-state index contributed by atoms with van der Waals surface area (Å²) in [6.45, 7) is 10.5. The van der Waals surface area contributed by atoms with Crippen molar-refractivity contribution in [2.24, 2.45) is 0 Å². The van der Waals surface area contributed by atoms with Crippen molar-refractivity contribution in [2.75, 3.05) is 33.4 Å². The van der Waals surface area contributed by atoms with Crippen LogP contribution in [0, 0.1) is 0 Å². The van der Waals surface area contributed by atoms with Crippen LogP contribution in [0.4, 0.5) is 0 Å². The van der Waals surface area contributed by atoms with E-state index in [1.54, 1.807) is 17.0 Å². The molecule has 6 heteroatoms. The van der Waals surface area contributed by atoms with Gasteiger partial charge in [-0.1, -0.05) is 12.2 Å². The van der Waals surface area contributed by atoms with Gasteiger partial charge in [-0.25, -0.2) is 4.79 Å². The molecule has 1 rings (SSSR count). The van der Waals surface area contributed by atoms with E-state index in [2.05, 4.69) is 6.58 Å². The summed E-state index contributed by atoms with van der Waals surface area (Å²) in [7, 11) is 1.49. The molecule has 0 N–H and O–H groups in total. The third-order valence-corrected chi connectivity index (χ3v) is 3.22. The number of carbonyl (C=O) groups excluding carboxylic acids is 2. The minimum atomic E-state index is -0.587. The molecule has 24 heavy (non-hydrogen) atoms. The average Bonchev–Trinajstić information content (AvgIpc) is 2.57. The zero-order chi connectivity index (χ0) is 18.1. The van der Waals surface area contributed by atoms with Crippen LogP contribution < -0.4 is 9.47 Å². The van der Waals surface area contributed by atoms with E-state index in [-0.39, 0.29) is 12.5 Å². The van der Waals surface area contributed by atoms with Gasteiger partial charge in [-0.3, -0.25) is 4.79 Å². The van der Waals surface area contributed by atoms with E-state index in [0.717, 1.165) is 5.57 Å². The summed E-state index contributed by atoms with van der Waals surface area (Å²) in [6, 6.07) is 4.75. The Hall–Kier alpha value is -2.50. The number of likely N-dealkylation sites (N-methyl/N-ethyl adjacent to an activating group) is 1. The van der Waals surface area contributed by atoms with Gasteiger partial charge in [0.2, 0.25) is 0 Å². The second-order valence-corrected chi connectivity index (χ2v) is 5.24. The molecule has 1 aromatic carbocycles. The first-order valence-electron chi connectivity index (χ1n) is 7.83. The summed E-state index contributed by atoms with van der Waals surface area (Å²) >= 11 is 0. The zero-order valence-corrected chi connectivity index (χ0v) is 14.8. The highest BCUT2D eigenvalue weighted by Gasteiger charge is 2.16. The van der Waals surface area contributed by atoms with Gasteiger partial charge in [0, 0.05) is 13.1 Å². The Balaban J connectivity index is 2.71. The van der Waals surface area contributed by atoms with Crippen LogP contribution in [-0.4, -0.2) is 50.2 Å². The molecule has 1 amide bonds. The van der Waals surface area contributed by atoms with E-state index in [1.165, 1.54) is 13.2 Å². The van der Waals surface area contributed by atoms with Crippen LogP contribution in [0.5, 0.6) is 11.5 Å². The first kappa shape index (κ1) is 19.5. The van der Waals surface area contributed by atoms with Crippen molar-refractivity contribution in [3.8, 4) is 11.5 Å². The molecular weight excluding hydrogens is 310 g/mol. The molecule has 0 aliphatic heterocycles. The largest absolute Gasteiger partial charge is 0.493 e. The van der Waals surface area contributed by atoms with Crippen LogP contribution in [0.1, 0.15) is 31.1 Å². The third kappa shape index (κ3) is 5.61. The second kappa shape index (κ2) is 9.60. The zero-order valence-electron chi connectivity index (χ0n) is 14.8. The van der Waals surface area contributed by atoms with E-state index >= 15 is 0 Å². The summed E-state index contributed by atoms with van der Waals surface area (Å²) in [5.74, 6) is 0.143. The average molecular weight is 335 g/mol. The van der Waals surface area contributed by atoms with Crippen LogP contribution in [0.25, 0.3) is 0 Å². The number of hydrogen-bond acceptors (Lipinski definition) is 5. The summed E-state index contributed by atoms with van der Waals surface area (Å²) in [6.07, 6.45) is 0. The van der Waals surface area contributed by atoms with Gasteiger partial charge in [0.25, 0.3) is 5.91 Å². The maximum Gasteiger partial charge on any atom is 0.338 e. The van der Waals surface area contributed by atoms with Gasteiger partial charge in [0.05, 0.1) is 19.3 Å². The summed E-state index contributed by atoms with van der Waals surface area (Å²) in [4.78, 5) is 25.8. The highest BCUT2D eigenvalue weighted by atomic mass is 16.5. The smallest absolute Gasteiger partial charge is 0.338 e. The van der Waals surface area contributed by atoms with Crippen molar-refractivity contribution < 1.29 is 23.8 Å². The highest BCUT2D eigenvalue weighted by molar-refractivity contribution is 5.92. The van der Waals surface area contributed by atoms with Crippen molar-refractivity contribution in [3.63, 3.8) is 0 Å². The number of nitrogens with zero attached hydrogens (tertiary/aromatic N) is 1. The molecule has 0 radical (unpaired) electrons. The maximum absolute atomic E-state index is 12.1. The summed E-state index contributed by atoms with van der Waals surface area (Å²) in [5.41, 5.74) is 1.17. The quantitative estimate of drug-likeness (QED) is 0.513. The lowest BCUT2D eigenvalue weighted by Crippen LogP contribution is -2.35. The van der Waals surface area contributed by atoms with Gasteiger partial charge in [-0.15, -0.1) is 0 Å². The molecule has 0 saturated carbocycles. The molecule has 0 spiro atoms. The monoisotopic (exact) mass is 335 g/mol. The van der Waals surface area contributed by atoms with E-state index in [9.17, 15) is 9.59 Å². The number of benzene rings is 1. The summed E-state index contributed by atoms with van der Waals surface area (Å²) < 4.78 is 15.7. The molecule has 0 aliphatic rings. The fourth-order valence-electron chi connectivity index (χ4n) is 2.07. The number of carbonyl (C=O) groups is 2. The topological polar surface area (TPSA) is 65.1 Å². The van der Waals surface area contributed by atoms with Crippen molar-refractivity contribution in [2.45, 2.75) is 20.8 Å². The van der Waals surface area contributed by atoms with Crippen LogP contribution in [0.15, 0.2) is 30.4 Å². The molecule has 0 aliphatic carbocycles. The van der Waals surface area contributed by atoms with Crippen LogP contribution in [0.2, 0.25) is 0 Å². The molecule has 6 nitrogen and oxygen atoms in total. The number of rotatable bonds is 9. The van der Waals surface area contributed by atoms with Crippen LogP contribution in [0.3, 0.4) is 0 Å². The Morgan fingerprint density at radius 3 is 2.46 bits per heavy atom. The van der Waals surface area contributed by atoms with Gasteiger partial charge >= 0.3 is 5.97 Å². The summed E-state index contributed by atoms with van der Waals surface area (Å²) in [5, 5.41) is 0. The predicted octanol–water partition coefficient (Wildman–Crippen LogP) is 2.68. The number of amides is 1. The van der Waals surface area contributed by atoms with E-state index in [1.807, 2.05) is 20.8 Å². The number of esters is 1. The molecule has 0 atom stereocenters. The molecule has 132 valence electrons. The second-order valence-electron chi connectivity index (χ2n) is 5.24. The fraction of sp³-hybridized carbons (Fsp3) is 0.444. The molecule has 0 fully saturated rings. The van der Waals surface area contributed by atoms with Gasteiger partial charge in [-0.05, 0) is 39.0 Å². The van der Waals surface area contributed by atoms with Crippen molar-refractivity contribution in [1.29, 1.82) is 0 Å². The minimum absolute atomic E-state index is 0.258. The Labute approximate surface area is 143 Å². The van der Waals surface area contributed by atoms with Crippen molar-refractivity contribution >= 4 is 11.9 Å². The third-order valence-electron chi connectivity index (χ3n) is 3.22.